The first-order chi connectivity index (χ1) is 8.33. The first-order valence-electron chi connectivity index (χ1n) is 4.76. The fraction of sp³-hybridized carbons (Fsp3) is 0. The van der Waals surface area contributed by atoms with E-state index in [-0.39, 0.29) is 0 Å². The minimum atomic E-state index is 0.738. The molecule has 1 N–H and O–H groups in total. The van der Waals surface area contributed by atoms with Crippen LogP contribution >= 0.6 is 27.7 Å². The van der Waals surface area contributed by atoms with Crippen LogP contribution in [-0.2, 0) is 0 Å². The van der Waals surface area contributed by atoms with Crippen molar-refractivity contribution in [2.75, 3.05) is 0 Å². The predicted molar refractivity (Wildman–Crippen MR) is 67.7 cm³/mol. The van der Waals surface area contributed by atoms with Crippen molar-refractivity contribution in [3.63, 3.8) is 0 Å². The van der Waals surface area contributed by atoms with E-state index < -0.39 is 0 Å². The Balaban J connectivity index is 2.10. The molecule has 0 bridgehead atoms. The number of halogens is 1. The quantitative estimate of drug-likeness (QED) is 0.788. The van der Waals surface area contributed by atoms with Crippen LogP contribution in [0.1, 0.15) is 0 Å². The Labute approximate surface area is 109 Å². The van der Waals surface area contributed by atoms with E-state index in [1.807, 2.05) is 12.1 Å². The van der Waals surface area contributed by atoms with Crippen LogP contribution in [0, 0.1) is 0 Å². The highest BCUT2D eigenvalue weighted by Crippen LogP contribution is 2.29. The minimum absolute atomic E-state index is 0.738. The van der Waals surface area contributed by atoms with Crippen LogP contribution in [0.4, 0.5) is 0 Å². The summed E-state index contributed by atoms with van der Waals surface area (Å²) >= 11 is 4.86. The summed E-state index contributed by atoms with van der Waals surface area (Å²) in [6.07, 6.45) is 5.00. The number of hydrogen-bond acceptors (Lipinski definition) is 5. The lowest BCUT2D eigenvalue weighted by Crippen LogP contribution is -1.86. The van der Waals surface area contributed by atoms with Gasteiger partial charge in [0.1, 0.15) is 11.8 Å². The summed E-state index contributed by atoms with van der Waals surface area (Å²) in [5.41, 5.74) is 1.71. The van der Waals surface area contributed by atoms with E-state index in [1.54, 1.807) is 12.4 Å². The van der Waals surface area contributed by atoms with Gasteiger partial charge in [-0.05, 0) is 39.8 Å². The topological polar surface area (TPSA) is 67.3 Å². The number of pyridine rings is 2. The van der Waals surface area contributed by atoms with Gasteiger partial charge >= 0.3 is 0 Å². The maximum Gasteiger partial charge on any atom is 0.188 e. The van der Waals surface area contributed by atoms with Crippen molar-refractivity contribution in [2.45, 2.75) is 10.1 Å². The maximum absolute atomic E-state index is 4.37. The zero-order valence-corrected chi connectivity index (χ0v) is 10.9. The number of hydrogen-bond donors (Lipinski definition) is 1. The van der Waals surface area contributed by atoms with Crippen LogP contribution < -0.4 is 0 Å². The number of aromatic nitrogens is 5. The number of H-pyrrole nitrogens is 1. The number of nitrogens with one attached hydrogen (secondary N) is 1. The molecular weight excluding hydrogens is 302 g/mol. The maximum atomic E-state index is 4.37. The summed E-state index contributed by atoms with van der Waals surface area (Å²) in [7, 11) is 0. The number of fused-ring (bicyclic) bond motifs is 1. The van der Waals surface area contributed by atoms with Crippen LogP contribution in [0.25, 0.3) is 11.0 Å². The summed E-state index contributed by atoms with van der Waals surface area (Å²) in [4.78, 5) is 13.7. The molecule has 0 fully saturated rings. The fourth-order valence-electron chi connectivity index (χ4n) is 1.41. The van der Waals surface area contributed by atoms with Gasteiger partial charge in [-0.2, -0.15) is 5.10 Å². The van der Waals surface area contributed by atoms with E-state index in [0.29, 0.717) is 0 Å². The van der Waals surface area contributed by atoms with Gasteiger partial charge in [-0.25, -0.2) is 4.98 Å². The van der Waals surface area contributed by atoms with Gasteiger partial charge in [-0.3, -0.25) is 15.1 Å². The van der Waals surface area contributed by atoms with Crippen LogP contribution in [-0.4, -0.2) is 25.1 Å². The third kappa shape index (κ3) is 2.16. The van der Waals surface area contributed by atoms with E-state index in [9.17, 15) is 0 Å². The fourth-order valence-corrected chi connectivity index (χ4v) is 2.52. The van der Waals surface area contributed by atoms with Gasteiger partial charge in [-0.15, -0.1) is 0 Å². The molecule has 0 aliphatic heterocycles. The summed E-state index contributed by atoms with van der Waals surface area (Å²) < 4.78 is 0.916. The standard InChI is InChI=1S/C10H6BrN5S/c11-6-3-7-9(13-4-6)8(1-2-12-7)17-10-14-5-15-16-10/h1-5H,(H,14,15,16). The molecule has 7 heteroatoms. The molecule has 3 aromatic rings. The zero-order chi connectivity index (χ0) is 11.7. The number of nitrogens with zero attached hydrogens (tertiary/aromatic N) is 4. The molecule has 3 aromatic heterocycles. The predicted octanol–water partition coefficient (Wildman–Crippen LogP) is 2.66. The molecule has 0 spiro atoms. The molecule has 0 unspecified atom stereocenters. The van der Waals surface area contributed by atoms with Gasteiger partial charge in [0.05, 0.1) is 5.52 Å². The molecule has 0 aromatic carbocycles. The molecule has 0 saturated heterocycles. The Bertz CT molecular complexity index is 655. The third-order valence-corrected chi connectivity index (χ3v) is 3.48. The first-order valence-corrected chi connectivity index (χ1v) is 6.37. The molecule has 0 atom stereocenters. The SMILES string of the molecule is Brc1cnc2c(Sc3ncn[nH]3)ccnc2c1. The van der Waals surface area contributed by atoms with Crippen molar-refractivity contribution in [3.05, 3.63) is 35.3 Å². The summed E-state index contributed by atoms with van der Waals surface area (Å²) in [5, 5.41) is 7.36. The van der Waals surface area contributed by atoms with Crippen LogP contribution in [0.15, 0.2) is 45.4 Å². The number of rotatable bonds is 2. The third-order valence-electron chi connectivity index (χ3n) is 2.11. The smallest absolute Gasteiger partial charge is 0.188 e. The minimum Gasteiger partial charge on any atom is -0.254 e. The van der Waals surface area contributed by atoms with Crippen molar-refractivity contribution in [3.8, 4) is 0 Å². The van der Waals surface area contributed by atoms with Gasteiger partial charge in [-0.1, -0.05) is 0 Å². The van der Waals surface area contributed by atoms with Crippen LogP contribution in [0.5, 0.6) is 0 Å². The highest BCUT2D eigenvalue weighted by molar-refractivity contribution is 9.10. The second-order valence-electron chi connectivity index (χ2n) is 3.22. The lowest BCUT2D eigenvalue weighted by molar-refractivity contribution is 0.973. The van der Waals surface area contributed by atoms with Crippen LogP contribution in [0.2, 0.25) is 0 Å². The lowest BCUT2D eigenvalue weighted by atomic mass is 10.3. The Kier molecular flexibility index (Phi) is 2.77. The molecule has 3 heterocycles. The highest BCUT2D eigenvalue weighted by Gasteiger charge is 2.07. The van der Waals surface area contributed by atoms with Crippen molar-refractivity contribution in [1.29, 1.82) is 0 Å². The van der Waals surface area contributed by atoms with Gasteiger partial charge in [0.15, 0.2) is 5.16 Å². The molecule has 0 aliphatic carbocycles. The monoisotopic (exact) mass is 307 g/mol. The van der Waals surface area contributed by atoms with Crippen molar-refractivity contribution < 1.29 is 0 Å². The van der Waals surface area contributed by atoms with Gasteiger partial charge in [0.25, 0.3) is 0 Å². The van der Waals surface area contributed by atoms with E-state index >= 15 is 0 Å². The molecule has 0 saturated carbocycles. The lowest BCUT2D eigenvalue weighted by Gasteiger charge is -2.02. The Morgan fingerprint density at radius 1 is 1.24 bits per heavy atom. The van der Waals surface area contributed by atoms with Gasteiger partial charge in [0, 0.05) is 21.8 Å². The largest absolute Gasteiger partial charge is 0.254 e. The zero-order valence-electron chi connectivity index (χ0n) is 8.46. The highest BCUT2D eigenvalue weighted by atomic mass is 79.9. The second-order valence-corrected chi connectivity index (χ2v) is 5.17. The van der Waals surface area contributed by atoms with Gasteiger partial charge in [0.2, 0.25) is 0 Å². The Hall–Kier alpha value is -1.47. The molecule has 0 amide bonds. The molecule has 3 rings (SSSR count). The summed E-state index contributed by atoms with van der Waals surface area (Å²) in [6.45, 7) is 0. The molecule has 0 radical (unpaired) electrons. The van der Waals surface area contributed by atoms with E-state index in [2.05, 4.69) is 41.1 Å². The Morgan fingerprint density at radius 2 is 2.18 bits per heavy atom. The summed E-state index contributed by atoms with van der Waals surface area (Å²) in [5.74, 6) is 0. The van der Waals surface area contributed by atoms with E-state index in [1.165, 1.54) is 18.1 Å². The van der Waals surface area contributed by atoms with E-state index in [4.69, 9.17) is 0 Å². The molecular formula is C10H6BrN5S. The second kappa shape index (κ2) is 4.42. The van der Waals surface area contributed by atoms with Crippen molar-refractivity contribution in [1.82, 2.24) is 25.1 Å². The molecule has 5 nitrogen and oxygen atoms in total. The molecule has 84 valence electrons. The van der Waals surface area contributed by atoms with Crippen LogP contribution in [0.3, 0.4) is 0 Å². The van der Waals surface area contributed by atoms with E-state index in [0.717, 1.165) is 25.6 Å². The van der Waals surface area contributed by atoms with Gasteiger partial charge < -0.3 is 0 Å². The van der Waals surface area contributed by atoms with Crippen molar-refractivity contribution in [2.24, 2.45) is 0 Å². The first kappa shape index (κ1) is 10.7. The summed E-state index contributed by atoms with van der Waals surface area (Å²) in [6, 6.07) is 3.85. The Morgan fingerprint density at radius 3 is 3.00 bits per heavy atom. The normalized spacial score (nSPS) is 10.9. The molecule has 17 heavy (non-hydrogen) atoms. The van der Waals surface area contributed by atoms with Crippen molar-refractivity contribution >= 4 is 38.7 Å². The molecule has 0 aliphatic rings. The average molecular weight is 308 g/mol. The number of aromatic amines is 1. The average Bonchev–Trinajstić information content (AvgIpc) is 2.82.